The third kappa shape index (κ3) is 7.50. The van der Waals surface area contributed by atoms with Crippen LogP contribution in [-0.2, 0) is 9.53 Å². The maximum Gasteiger partial charge on any atom is 0.135 e. The molecule has 1 rings (SSSR count). The highest BCUT2D eigenvalue weighted by Gasteiger charge is 2.16. The minimum Gasteiger partial charge on any atom is -0.375 e. The lowest BCUT2D eigenvalue weighted by Gasteiger charge is -2.22. The summed E-state index contributed by atoms with van der Waals surface area (Å²) in [6.45, 7) is 4.72. The summed E-state index contributed by atoms with van der Waals surface area (Å²) in [6, 6.07) is 0. The Bertz CT molecular complexity index is 200. The van der Waals surface area contributed by atoms with Gasteiger partial charge in [0.05, 0.1) is 12.7 Å². The summed E-state index contributed by atoms with van der Waals surface area (Å²) in [5, 5.41) is 3.25. The minimum atomic E-state index is 0.122. The molecule has 0 aliphatic carbocycles. The molecule has 1 unspecified atom stereocenters. The van der Waals surface area contributed by atoms with Crippen LogP contribution in [0.25, 0.3) is 0 Å². The van der Waals surface area contributed by atoms with Gasteiger partial charge >= 0.3 is 0 Å². The fraction of sp³-hybridized carbons (Fsp3) is 0.929. The van der Waals surface area contributed by atoms with Gasteiger partial charge in [-0.05, 0) is 6.42 Å². The van der Waals surface area contributed by atoms with Crippen LogP contribution in [0.5, 0.6) is 0 Å². The molecule has 0 bridgehead atoms. The average Bonchev–Trinajstić information content (AvgIpc) is 2.35. The highest BCUT2D eigenvalue weighted by Crippen LogP contribution is 2.10. The number of hydrogen-bond donors (Lipinski definition) is 1. The normalized spacial score (nSPS) is 20.4. The molecule has 0 aromatic carbocycles. The fourth-order valence-electron chi connectivity index (χ4n) is 2.21. The monoisotopic (exact) mass is 241 g/mol. The van der Waals surface area contributed by atoms with Gasteiger partial charge in [-0.25, -0.2) is 0 Å². The molecule has 1 fully saturated rings. The van der Waals surface area contributed by atoms with E-state index in [0.29, 0.717) is 12.2 Å². The number of carbonyl (C=O) groups is 1. The number of carbonyl (C=O) groups excluding carboxylic acids is 1. The molecule has 1 heterocycles. The smallest absolute Gasteiger partial charge is 0.135 e. The second kappa shape index (κ2) is 9.60. The molecule has 3 heteroatoms. The molecular formula is C14H27NO2. The van der Waals surface area contributed by atoms with E-state index in [9.17, 15) is 4.79 Å². The van der Waals surface area contributed by atoms with E-state index >= 15 is 0 Å². The van der Waals surface area contributed by atoms with Gasteiger partial charge in [0, 0.05) is 25.9 Å². The van der Waals surface area contributed by atoms with Gasteiger partial charge in [0.15, 0.2) is 0 Å². The lowest BCUT2D eigenvalue weighted by Crippen LogP contribution is -2.39. The standard InChI is InChI=1S/C14H27NO2/c1-2-3-4-5-6-7-8-13(16)11-14-12-15-9-10-17-14/h14-15H,2-12H2,1H3. The SMILES string of the molecule is CCCCCCCCC(=O)CC1CNCCO1. The minimum absolute atomic E-state index is 0.122. The third-order valence-electron chi connectivity index (χ3n) is 3.27. The maximum absolute atomic E-state index is 11.7. The first-order chi connectivity index (χ1) is 8.33. The Labute approximate surface area is 105 Å². The Morgan fingerprint density at radius 2 is 2.00 bits per heavy atom. The van der Waals surface area contributed by atoms with Crippen molar-refractivity contribution in [1.82, 2.24) is 5.32 Å². The number of unbranched alkanes of at least 4 members (excludes halogenated alkanes) is 5. The summed E-state index contributed by atoms with van der Waals surface area (Å²) in [7, 11) is 0. The molecule has 0 radical (unpaired) electrons. The second-order valence-corrected chi connectivity index (χ2v) is 4.96. The van der Waals surface area contributed by atoms with Crippen molar-refractivity contribution in [3.05, 3.63) is 0 Å². The van der Waals surface area contributed by atoms with Crippen LogP contribution in [-0.4, -0.2) is 31.6 Å². The van der Waals surface area contributed by atoms with Crippen LogP contribution >= 0.6 is 0 Å². The maximum atomic E-state index is 11.7. The molecular weight excluding hydrogens is 214 g/mol. The van der Waals surface area contributed by atoms with Crippen molar-refractivity contribution in [2.24, 2.45) is 0 Å². The lowest BCUT2D eigenvalue weighted by atomic mass is 10.0. The van der Waals surface area contributed by atoms with Gasteiger partial charge in [0.25, 0.3) is 0 Å². The van der Waals surface area contributed by atoms with Gasteiger partial charge < -0.3 is 10.1 Å². The molecule has 100 valence electrons. The second-order valence-electron chi connectivity index (χ2n) is 4.96. The van der Waals surface area contributed by atoms with E-state index in [4.69, 9.17) is 4.74 Å². The van der Waals surface area contributed by atoms with Gasteiger partial charge in [-0.1, -0.05) is 39.0 Å². The molecule has 0 aromatic rings. The van der Waals surface area contributed by atoms with Gasteiger partial charge in [-0.3, -0.25) is 4.79 Å². The van der Waals surface area contributed by atoms with Gasteiger partial charge in [-0.15, -0.1) is 0 Å². The van der Waals surface area contributed by atoms with Crippen LogP contribution in [0.15, 0.2) is 0 Å². The number of ketones is 1. The number of rotatable bonds is 9. The summed E-state index contributed by atoms with van der Waals surface area (Å²) < 4.78 is 5.52. The number of morpholine rings is 1. The Kier molecular flexibility index (Phi) is 8.28. The molecule has 17 heavy (non-hydrogen) atoms. The number of ether oxygens (including phenoxy) is 1. The summed E-state index contributed by atoms with van der Waals surface area (Å²) >= 11 is 0. The zero-order chi connectivity index (χ0) is 12.3. The van der Waals surface area contributed by atoms with Crippen molar-refractivity contribution in [1.29, 1.82) is 0 Å². The Hall–Kier alpha value is -0.410. The fourth-order valence-corrected chi connectivity index (χ4v) is 2.21. The topological polar surface area (TPSA) is 38.3 Å². The number of nitrogens with one attached hydrogen (secondary N) is 1. The zero-order valence-corrected chi connectivity index (χ0v) is 11.2. The van der Waals surface area contributed by atoms with E-state index in [1.165, 1.54) is 32.1 Å². The predicted octanol–water partition coefficient (Wildman–Crippen LogP) is 2.68. The van der Waals surface area contributed by atoms with Crippen LogP contribution in [0.3, 0.4) is 0 Å². The van der Waals surface area contributed by atoms with E-state index in [-0.39, 0.29) is 6.10 Å². The first-order valence-electron chi connectivity index (χ1n) is 7.17. The van der Waals surface area contributed by atoms with E-state index in [0.717, 1.165) is 32.5 Å². The quantitative estimate of drug-likeness (QED) is 0.631. The van der Waals surface area contributed by atoms with E-state index in [2.05, 4.69) is 12.2 Å². The average molecular weight is 241 g/mol. The molecule has 1 atom stereocenters. The van der Waals surface area contributed by atoms with Crippen LogP contribution < -0.4 is 5.32 Å². The van der Waals surface area contributed by atoms with Crippen LogP contribution in [0.1, 0.15) is 58.3 Å². The highest BCUT2D eigenvalue weighted by molar-refractivity contribution is 5.78. The van der Waals surface area contributed by atoms with Crippen molar-refractivity contribution in [3.63, 3.8) is 0 Å². The van der Waals surface area contributed by atoms with Gasteiger partial charge in [0.2, 0.25) is 0 Å². The van der Waals surface area contributed by atoms with Crippen molar-refractivity contribution < 1.29 is 9.53 Å². The van der Waals surface area contributed by atoms with Crippen LogP contribution in [0.2, 0.25) is 0 Å². The lowest BCUT2D eigenvalue weighted by molar-refractivity contribution is -0.122. The first kappa shape index (κ1) is 14.7. The molecule has 0 saturated carbocycles. The van der Waals surface area contributed by atoms with Crippen molar-refractivity contribution in [2.45, 2.75) is 64.4 Å². The molecule has 1 saturated heterocycles. The number of hydrogen-bond acceptors (Lipinski definition) is 3. The summed E-state index contributed by atoms with van der Waals surface area (Å²) in [5.74, 6) is 0.370. The Balaban J connectivity index is 1.93. The summed E-state index contributed by atoms with van der Waals surface area (Å²) in [5.41, 5.74) is 0. The van der Waals surface area contributed by atoms with Gasteiger partial charge in [-0.2, -0.15) is 0 Å². The van der Waals surface area contributed by atoms with Crippen molar-refractivity contribution in [3.8, 4) is 0 Å². The predicted molar refractivity (Wildman–Crippen MR) is 70.2 cm³/mol. The number of Topliss-reactive ketones (excluding diaryl/α,β-unsaturated/α-hetero) is 1. The van der Waals surface area contributed by atoms with Gasteiger partial charge in [0.1, 0.15) is 5.78 Å². The molecule has 3 nitrogen and oxygen atoms in total. The molecule has 1 N–H and O–H groups in total. The van der Waals surface area contributed by atoms with E-state index in [1.54, 1.807) is 0 Å². The molecule has 1 aliphatic heterocycles. The zero-order valence-electron chi connectivity index (χ0n) is 11.2. The van der Waals surface area contributed by atoms with E-state index in [1.807, 2.05) is 0 Å². The summed E-state index contributed by atoms with van der Waals surface area (Å²) in [6.07, 6.45) is 8.94. The molecule has 0 amide bonds. The van der Waals surface area contributed by atoms with Crippen LogP contribution in [0.4, 0.5) is 0 Å². The third-order valence-corrected chi connectivity index (χ3v) is 3.27. The molecule has 0 spiro atoms. The summed E-state index contributed by atoms with van der Waals surface area (Å²) in [4.78, 5) is 11.7. The Morgan fingerprint density at radius 1 is 1.24 bits per heavy atom. The van der Waals surface area contributed by atoms with E-state index < -0.39 is 0 Å². The largest absolute Gasteiger partial charge is 0.375 e. The van der Waals surface area contributed by atoms with Crippen molar-refractivity contribution in [2.75, 3.05) is 19.7 Å². The molecule has 0 aromatic heterocycles. The highest BCUT2D eigenvalue weighted by atomic mass is 16.5. The first-order valence-corrected chi connectivity index (χ1v) is 7.17. The van der Waals surface area contributed by atoms with Crippen molar-refractivity contribution >= 4 is 5.78 Å². The Morgan fingerprint density at radius 3 is 2.71 bits per heavy atom. The molecule has 1 aliphatic rings. The van der Waals surface area contributed by atoms with Crippen LogP contribution in [0, 0.1) is 0 Å².